The number of nitrogens with one attached hydrogen (secondary N) is 1. The second kappa shape index (κ2) is 7.67. The molecule has 2 aliphatic rings. The number of hydrogen-bond donors (Lipinski definition) is 1. The Hall–Kier alpha value is -3.01. The quantitative estimate of drug-likeness (QED) is 0.592. The number of hydrogen-bond acceptors (Lipinski definition) is 3. The lowest BCUT2D eigenvalue weighted by molar-refractivity contribution is 0.146. The lowest BCUT2D eigenvalue weighted by Gasteiger charge is -2.29. The highest BCUT2D eigenvalue weighted by Gasteiger charge is 2.36. The summed E-state index contributed by atoms with van der Waals surface area (Å²) in [5, 5.41) is 5.18. The Kier molecular flexibility index (Phi) is 4.86. The Morgan fingerprint density at radius 2 is 1.67 bits per heavy atom. The number of carbonyl (C=O) groups excluding carboxylic acids is 1. The molecule has 1 atom stereocenters. The Morgan fingerprint density at radius 1 is 0.933 bits per heavy atom. The lowest BCUT2D eigenvalue weighted by Crippen LogP contribution is -2.37. The third kappa shape index (κ3) is 3.74. The van der Waals surface area contributed by atoms with Gasteiger partial charge < -0.3 is 14.8 Å². The van der Waals surface area contributed by atoms with E-state index in [4.69, 9.17) is 9.47 Å². The largest absolute Gasteiger partial charge is 0.490 e. The first-order chi connectivity index (χ1) is 14.6. The summed E-state index contributed by atoms with van der Waals surface area (Å²) in [5.41, 5.74) is 2.03. The van der Waals surface area contributed by atoms with Gasteiger partial charge in [-0.05, 0) is 78.6 Å². The smallest absolute Gasteiger partial charge is 0.408 e. The van der Waals surface area contributed by atoms with Gasteiger partial charge >= 0.3 is 6.09 Å². The molecule has 30 heavy (non-hydrogen) atoms. The number of alkyl carbamates (subject to hydrolysis) is 1. The molecule has 0 radical (unpaired) electrons. The molecule has 0 spiro atoms. The first-order valence-corrected chi connectivity index (χ1v) is 10.8. The maximum Gasteiger partial charge on any atom is 0.408 e. The second-order valence-corrected chi connectivity index (χ2v) is 8.76. The Balaban J connectivity index is 1.26. The van der Waals surface area contributed by atoms with E-state index in [1.807, 2.05) is 6.92 Å². The molecular formula is C26H27NO3. The number of fused-ring (bicyclic) bond motifs is 1. The fourth-order valence-corrected chi connectivity index (χ4v) is 4.73. The van der Waals surface area contributed by atoms with Crippen LogP contribution in [0.3, 0.4) is 0 Å². The van der Waals surface area contributed by atoms with Crippen LogP contribution in [0.1, 0.15) is 49.7 Å². The topological polar surface area (TPSA) is 47.6 Å². The molecule has 1 heterocycles. The van der Waals surface area contributed by atoms with Crippen molar-refractivity contribution in [2.24, 2.45) is 0 Å². The monoisotopic (exact) mass is 401 g/mol. The zero-order valence-corrected chi connectivity index (χ0v) is 17.3. The van der Waals surface area contributed by atoms with Crippen molar-refractivity contribution in [2.75, 3.05) is 6.61 Å². The van der Waals surface area contributed by atoms with Crippen molar-refractivity contribution >= 4 is 16.9 Å². The average molecular weight is 402 g/mol. The molecule has 0 unspecified atom stereocenters. The number of benzene rings is 3. The summed E-state index contributed by atoms with van der Waals surface area (Å²) >= 11 is 0. The fourth-order valence-electron chi connectivity index (χ4n) is 4.73. The molecule has 3 aromatic carbocycles. The molecule has 0 aromatic heterocycles. The van der Waals surface area contributed by atoms with Crippen LogP contribution in [0.5, 0.6) is 5.75 Å². The zero-order valence-electron chi connectivity index (χ0n) is 17.3. The van der Waals surface area contributed by atoms with Crippen LogP contribution in [0.2, 0.25) is 0 Å². The molecule has 4 heteroatoms. The standard InChI is InChI=1S/C26H27NO3/c1-26(17-29-25(28)27-26)22-11-7-21-16-24(14-10-20(21)15-22)30-23-12-8-19(9-13-23)18-5-3-2-4-6-18/h2-7,10-11,14-16,19,23H,8-9,12-13,17H2,1H3,(H,27,28)/t19?,23?,26-/m0/s1. The molecule has 4 nitrogen and oxygen atoms in total. The number of cyclic esters (lactones) is 1. The summed E-state index contributed by atoms with van der Waals surface area (Å²) in [4.78, 5) is 11.5. The normalized spacial score (nSPS) is 26.2. The molecule has 0 bridgehead atoms. The minimum Gasteiger partial charge on any atom is -0.490 e. The van der Waals surface area contributed by atoms with E-state index in [1.54, 1.807) is 0 Å². The van der Waals surface area contributed by atoms with E-state index >= 15 is 0 Å². The van der Waals surface area contributed by atoms with Gasteiger partial charge in [-0.25, -0.2) is 4.79 Å². The molecule has 154 valence electrons. The first kappa shape index (κ1) is 19.0. The van der Waals surface area contributed by atoms with Gasteiger partial charge in [-0.3, -0.25) is 0 Å². The third-order valence-corrected chi connectivity index (χ3v) is 6.57. The predicted octanol–water partition coefficient (Wildman–Crippen LogP) is 5.90. The van der Waals surface area contributed by atoms with Crippen LogP contribution in [0.25, 0.3) is 10.8 Å². The van der Waals surface area contributed by atoms with Crippen LogP contribution in [0.15, 0.2) is 66.7 Å². The Morgan fingerprint density at radius 3 is 2.40 bits per heavy atom. The fraction of sp³-hybridized carbons (Fsp3) is 0.346. The summed E-state index contributed by atoms with van der Waals surface area (Å²) in [5.74, 6) is 1.59. The SMILES string of the molecule is C[C@@]1(c2ccc3cc(OC4CCC(c5ccccc5)CC4)ccc3c2)COC(=O)N1. The van der Waals surface area contributed by atoms with Crippen LogP contribution in [0, 0.1) is 0 Å². The van der Waals surface area contributed by atoms with E-state index in [2.05, 4.69) is 72.0 Å². The van der Waals surface area contributed by atoms with Crippen LogP contribution in [-0.2, 0) is 10.3 Å². The van der Waals surface area contributed by atoms with Gasteiger partial charge in [-0.1, -0.05) is 48.5 Å². The van der Waals surface area contributed by atoms with Gasteiger partial charge in [-0.15, -0.1) is 0 Å². The molecule has 1 amide bonds. The Labute approximate surface area is 177 Å². The maximum absolute atomic E-state index is 11.5. The van der Waals surface area contributed by atoms with E-state index in [-0.39, 0.29) is 12.2 Å². The van der Waals surface area contributed by atoms with Gasteiger partial charge in [-0.2, -0.15) is 0 Å². The van der Waals surface area contributed by atoms with Gasteiger partial charge in [0.25, 0.3) is 0 Å². The van der Waals surface area contributed by atoms with Crippen molar-refractivity contribution in [3.05, 3.63) is 77.9 Å². The molecule has 5 rings (SSSR count). The highest BCUT2D eigenvalue weighted by molar-refractivity contribution is 5.85. The van der Waals surface area contributed by atoms with Gasteiger partial charge in [0.05, 0.1) is 11.6 Å². The lowest BCUT2D eigenvalue weighted by atomic mass is 9.83. The van der Waals surface area contributed by atoms with Crippen LogP contribution in [0.4, 0.5) is 4.79 Å². The minimum absolute atomic E-state index is 0.284. The van der Waals surface area contributed by atoms with E-state index in [9.17, 15) is 4.79 Å². The molecule has 3 aromatic rings. The van der Waals surface area contributed by atoms with E-state index in [0.717, 1.165) is 34.9 Å². The number of carbonyl (C=O) groups is 1. The molecule has 2 fully saturated rings. The third-order valence-electron chi connectivity index (χ3n) is 6.57. The molecule has 1 aliphatic carbocycles. The van der Waals surface area contributed by atoms with E-state index in [0.29, 0.717) is 12.5 Å². The summed E-state index contributed by atoms with van der Waals surface area (Å²) in [6.07, 6.45) is 4.47. The maximum atomic E-state index is 11.5. The highest BCUT2D eigenvalue weighted by Crippen LogP contribution is 2.35. The number of amides is 1. The number of rotatable bonds is 4. The van der Waals surface area contributed by atoms with Crippen molar-refractivity contribution in [3.63, 3.8) is 0 Å². The highest BCUT2D eigenvalue weighted by atomic mass is 16.6. The molecular weight excluding hydrogens is 374 g/mol. The van der Waals surface area contributed by atoms with Crippen molar-refractivity contribution in [3.8, 4) is 5.75 Å². The predicted molar refractivity (Wildman–Crippen MR) is 118 cm³/mol. The van der Waals surface area contributed by atoms with Gasteiger partial charge in [0, 0.05) is 0 Å². The zero-order chi connectivity index (χ0) is 20.6. The first-order valence-electron chi connectivity index (χ1n) is 10.8. The van der Waals surface area contributed by atoms with Crippen LogP contribution >= 0.6 is 0 Å². The second-order valence-electron chi connectivity index (χ2n) is 8.76. The van der Waals surface area contributed by atoms with Gasteiger partial charge in [0.15, 0.2) is 0 Å². The molecule has 1 aliphatic heterocycles. The average Bonchev–Trinajstić information content (AvgIpc) is 3.14. The minimum atomic E-state index is -0.474. The van der Waals surface area contributed by atoms with E-state index < -0.39 is 5.54 Å². The van der Waals surface area contributed by atoms with Crippen molar-refractivity contribution in [1.29, 1.82) is 0 Å². The number of ether oxygens (including phenoxy) is 2. The molecule has 1 N–H and O–H groups in total. The summed E-state index contributed by atoms with van der Waals surface area (Å²) < 4.78 is 11.4. The van der Waals surface area contributed by atoms with Crippen molar-refractivity contribution in [2.45, 2.75) is 50.2 Å². The summed E-state index contributed by atoms with van der Waals surface area (Å²) in [6, 6.07) is 23.4. The van der Waals surface area contributed by atoms with Gasteiger partial charge in [0.2, 0.25) is 0 Å². The summed E-state index contributed by atoms with van der Waals surface area (Å²) in [6.45, 7) is 2.34. The van der Waals surface area contributed by atoms with E-state index in [1.165, 1.54) is 18.4 Å². The summed E-state index contributed by atoms with van der Waals surface area (Å²) in [7, 11) is 0. The molecule has 1 saturated carbocycles. The molecule has 1 saturated heterocycles. The van der Waals surface area contributed by atoms with Crippen molar-refractivity contribution in [1.82, 2.24) is 5.32 Å². The van der Waals surface area contributed by atoms with Crippen LogP contribution in [-0.4, -0.2) is 18.8 Å². The van der Waals surface area contributed by atoms with Crippen molar-refractivity contribution < 1.29 is 14.3 Å². The Bertz CT molecular complexity index is 1060. The van der Waals surface area contributed by atoms with Crippen LogP contribution < -0.4 is 10.1 Å². The van der Waals surface area contributed by atoms with Gasteiger partial charge in [0.1, 0.15) is 12.4 Å².